The standard InChI is InChI=1S/C8H17N3/c1-10(2)7-8-11-5-3-9-4-6-11/h7-9H,3-6H2,1-2H3/b8-7+. The minimum absolute atomic E-state index is 1.11. The number of piperazine rings is 1. The Balaban J connectivity index is 2.23. The molecule has 1 aliphatic heterocycles. The van der Waals surface area contributed by atoms with Crippen LogP contribution in [-0.4, -0.2) is 50.1 Å². The van der Waals surface area contributed by atoms with Crippen molar-refractivity contribution in [3.8, 4) is 0 Å². The van der Waals surface area contributed by atoms with Gasteiger partial charge >= 0.3 is 0 Å². The van der Waals surface area contributed by atoms with E-state index in [1.807, 2.05) is 14.1 Å². The maximum Gasteiger partial charge on any atom is 0.0298 e. The van der Waals surface area contributed by atoms with Gasteiger partial charge in [-0.05, 0) is 0 Å². The van der Waals surface area contributed by atoms with E-state index in [0.717, 1.165) is 26.2 Å². The van der Waals surface area contributed by atoms with E-state index >= 15 is 0 Å². The largest absolute Gasteiger partial charge is 0.382 e. The molecule has 0 bridgehead atoms. The SMILES string of the molecule is CN(C)/C=C/N1CCNCC1. The molecule has 11 heavy (non-hydrogen) atoms. The van der Waals surface area contributed by atoms with Crippen molar-refractivity contribution in [2.24, 2.45) is 0 Å². The van der Waals surface area contributed by atoms with Crippen molar-refractivity contribution in [2.45, 2.75) is 0 Å². The van der Waals surface area contributed by atoms with Crippen molar-refractivity contribution >= 4 is 0 Å². The molecule has 3 nitrogen and oxygen atoms in total. The van der Waals surface area contributed by atoms with Gasteiger partial charge in [0.2, 0.25) is 0 Å². The maximum atomic E-state index is 3.31. The Morgan fingerprint density at radius 1 is 1.27 bits per heavy atom. The molecule has 1 saturated heterocycles. The van der Waals surface area contributed by atoms with Gasteiger partial charge in [-0.15, -0.1) is 0 Å². The van der Waals surface area contributed by atoms with Crippen molar-refractivity contribution in [3.05, 3.63) is 12.4 Å². The van der Waals surface area contributed by atoms with Crippen LogP contribution in [-0.2, 0) is 0 Å². The van der Waals surface area contributed by atoms with Crippen LogP contribution >= 0.6 is 0 Å². The molecule has 0 atom stereocenters. The van der Waals surface area contributed by atoms with Crippen LogP contribution in [0.5, 0.6) is 0 Å². The summed E-state index contributed by atoms with van der Waals surface area (Å²) >= 11 is 0. The quantitative estimate of drug-likeness (QED) is 0.602. The van der Waals surface area contributed by atoms with Gasteiger partial charge in [0.25, 0.3) is 0 Å². The van der Waals surface area contributed by atoms with Crippen molar-refractivity contribution < 1.29 is 0 Å². The summed E-state index contributed by atoms with van der Waals surface area (Å²) in [7, 11) is 4.08. The summed E-state index contributed by atoms with van der Waals surface area (Å²) in [5.41, 5.74) is 0. The molecule has 0 radical (unpaired) electrons. The third kappa shape index (κ3) is 3.28. The lowest BCUT2D eigenvalue weighted by Crippen LogP contribution is -2.40. The second kappa shape index (κ2) is 4.23. The van der Waals surface area contributed by atoms with Crippen LogP contribution in [0.15, 0.2) is 12.4 Å². The van der Waals surface area contributed by atoms with Crippen LogP contribution in [0, 0.1) is 0 Å². The van der Waals surface area contributed by atoms with Gasteiger partial charge in [0.15, 0.2) is 0 Å². The monoisotopic (exact) mass is 155 g/mol. The molecule has 0 amide bonds. The normalized spacial score (nSPS) is 19.3. The van der Waals surface area contributed by atoms with Gasteiger partial charge < -0.3 is 15.1 Å². The number of nitrogens with one attached hydrogen (secondary N) is 1. The van der Waals surface area contributed by atoms with Crippen molar-refractivity contribution in [3.63, 3.8) is 0 Å². The molecule has 1 rings (SSSR count). The lowest BCUT2D eigenvalue weighted by molar-refractivity contribution is 0.319. The summed E-state index contributed by atoms with van der Waals surface area (Å²) in [6.07, 6.45) is 4.24. The molecule has 1 N–H and O–H groups in total. The Kier molecular flexibility index (Phi) is 3.23. The Labute approximate surface area is 68.7 Å². The van der Waals surface area contributed by atoms with Gasteiger partial charge in [0, 0.05) is 52.7 Å². The minimum atomic E-state index is 1.11. The van der Waals surface area contributed by atoms with Crippen molar-refractivity contribution in [1.82, 2.24) is 15.1 Å². The first-order valence-corrected chi connectivity index (χ1v) is 4.08. The first-order valence-electron chi connectivity index (χ1n) is 4.08. The lowest BCUT2D eigenvalue weighted by atomic mass is 10.4. The number of hydrogen-bond donors (Lipinski definition) is 1. The minimum Gasteiger partial charge on any atom is -0.382 e. The predicted molar refractivity (Wildman–Crippen MR) is 47.3 cm³/mol. The summed E-state index contributed by atoms with van der Waals surface area (Å²) in [4.78, 5) is 4.39. The van der Waals surface area contributed by atoms with Gasteiger partial charge in [-0.2, -0.15) is 0 Å². The highest BCUT2D eigenvalue weighted by Crippen LogP contribution is 1.92. The average Bonchev–Trinajstić information content (AvgIpc) is 2.03. The molecule has 0 aromatic rings. The number of hydrogen-bond acceptors (Lipinski definition) is 3. The highest BCUT2D eigenvalue weighted by atomic mass is 15.2. The van der Waals surface area contributed by atoms with Gasteiger partial charge in [0.05, 0.1) is 0 Å². The van der Waals surface area contributed by atoms with Crippen molar-refractivity contribution in [1.29, 1.82) is 0 Å². The highest BCUT2D eigenvalue weighted by Gasteiger charge is 2.03. The zero-order chi connectivity index (χ0) is 8.10. The van der Waals surface area contributed by atoms with E-state index < -0.39 is 0 Å². The molecule has 0 aromatic heterocycles. The molecular formula is C8H17N3. The van der Waals surface area contributed by atoms with Crippen LogP contribution in [0.3, 0.4) is 0 Å². The number of nitrogens with zero attached hydrogens (tertiary/aromatic N) is 2. The second-order valence-electron chi connectivity index (χ2n) is 3.05. The summed E-state index contributed by atoms with van der Waals surface area (Å²) < 4.78 is 0. The van der Waals surface area contributed by atoms with Gasteiger partial charge in [-0.1, -0.05) is 0 Å². The van der Waals surface area contributed by atoms with Crippen LogP contribution < -0.4 is 5.32 Å². The average molecular weight is 155 g/mol. The fourth-order valence-electron chi connectivity index (χ4n) is 1.06. The Bertz CT molecular complexity index is 125. The van der Waals surface area contributed by atoms with Gasteiger partial charge in [-0.3, -0.25) is 0 Å². The molecule has 0 aliphatic carbocycles. The third-order valence-corrected chi connectivity index (χ3v) is 1.73. The fourth-order valence-corrected chi connectivity index (χ4v) is 1.06. The fraction of sp³-hybridized carbons (Fsp3) is 0.750. The smallest absolute Gasteiger partial charge is 0.0298 e. The molecule has 3 heteroatoms. The summed E-state index contributed by atoms with van der Waals surface area (Å²) in [5, 5.41) is 3.31. The Morgan fingerprint density at radius 2 is 1.91 bits per heavy atom. The molecular weight excluding hydrogens is 138 g/mol. The van der Waals surface area contributed by atoms with E-state index in [2.05, 4.69) is 27.5 Å². The predicted octanol–water partition coefficient (Wildman–Crippen LogP) is -0.0756. The van der Waals surface area contributed by atoms with E-state index in [9.17, 15) is 0 Å². The second-order valence-corrected chi connectivity index (χ2v) is 3.05. The van der Waals surface area contributed by atoms with Gasteiger partial charge in [-0.25, -0.2) is 0 Å². The first-order chi connectivity index (χ1) is 5.29. The Hall–Kier alpha value is -0.700. The van der Waals surface area contributed by atoms with Gasteiger partial charge in [0.1, 0.15) is 0 Å². The van der Waals surface area contributed by atoms with E-state index in [0.29, 0.717) is 0 Å². The topological polar surface area (TPSA) is 18.5 Å². The number of rotatable bonds is 2. The van der Waals surface area contributed by atoms with E-state index in [4.69, 9.17) is 0 Å². The summed E-state index contributed by atoms with van der Waals surface area (Å²) in [5.74, 6) is 0. The molecule has 0 unspecified atom stereocenters. The summed E-state index contributed by atoms with van der Waals surface area (Å²) in [6, 6.07) is 0. The molecule has 0 spiro atoms. The molecule has 1 fully saturated rings. The molecule has 0 aromatic carbocycles. The third-order valence-electron chi connectivity index (χ3n) is 1.73. The van der Waals surface area contributed by atoms with E-state index in [1.54, 1.807) is 0 Å². The van der Waals surface area contributed by atoms with Crippen LogP contribution in [0.25, 0.3) is 0 Å². The van der Waals surface area contributed by atoms with Crippen LogP contribution in [0.2, 0.25) is 0 Å². The zero-order valence-corrected chi connectivity index (χ0v) is 7.38. The lowest BCUT2D eigenvalue weighted by Gasteiger charge is -2.26. The van der Waals surface area contributed by atoms with E-state index in [-0.39, 0.29) is 0 Å². The maximum absolute atomic E-state index is 3.31. The highest BCUT2D eigenvalue weighted by molar-refractivity contribution is 4.83. The molecule has 1 heterocycles. The summed E-state index contributed by atoms with van der Waals surface area (Å²) in [6.45, 7) is 4.48. The van der Waals surface area contributed by atoms with Crippen LogP contribution in [0.1, 0.15) is 0 Å². The van der Waals surface area contributed by atoms with Crippen LogP contribution in [0.4, 0.5) is 0 Å². The Morgan fingerprint density at radius 3 is 2.45 bits per heavy atom. The first kappa shape index (κ1) is 8.40. The van der Waals surface area contributed by atoms with Crippen molar-refractivity contribution in [2.75, 3.05) is 40.3 Å². The zero-order valence-electron chi connectivity index (χ0n) is 7.38. The molecule has 1 aliphatic rings. The molecule has 0 saturated carbocycles. The molecule has 64 valence electrons. The van der Waals surface area contributed by atoms with E-state index in [1.165, 1.54) is 0 Å².